The van der Waals surface area contributed by atoms with Crippen molar-refractivity contribution in [1.29, 1.82) is 0 Å². The molecule has 0 unspecified atom stereocenters. The lowest BCUT2D eigenvalue weighted by Gasteiger charge is -2.06. The lowest BCUT2D eigenvalue weighted by molar-refractivity contribution is -0.132. The minimum atomic E-state index is -0.924. The molecule has 0 bridgehead atoms. The Bertz CT molecular complexity index is 424. The van der Waals surface area contributed by atoms with Gasteiger partial charge in [0.1, 0.15) is 12.4 Å². The highest BCUT2D eigenvalue weighted by molar-refractivity contribution is 9.10. The third-order valence-corrected chi connectivity index (χ3v) is 2.67. The van der Waals surface area contributed by atoms with Crippen molar-refractivity contribution in [2.75, 3.05) is 6.61 Å². The van der Waals surface area contributed by atoms with Gasteiger partial charge in [0, 0.05) is 5.57 Å². The highest BCUT2D eigenvalue weighted by Gasteiger charge is 2.01. The number of carboxylic acids is 1. The van der Waals surface area contributed by atoms with Gasteiger partial charge < -0.3 is 9.84 Å². The number of halogens is 1. The minimum absolute atomic E-state index is 0.250. The number of aryl methyl sites for hydroxylation is 1. The molecule has 16 heavy (non-hydrogen) atoms. The zero-order valence-corrected chi connectivity index (χ0v) is 10.7. The molecule has 1 aromatic rings. The second-order valence-corrected chi connectivity index (χ2v) is 4.29. The number of ether oxygens (including phenoxy) is 1. The molecule has 0 aliphatic rings. The average molecular weight is 285 g/mol. The molecule has 86 valence electrons. The van der Waals surface area contributed by atoms with E-state index in [1.54, 1.807) is 0 Å². The molecule has 0 spiro atoms. The maximum absolute atomic E-state index is 10.5. The van der Waals surface area contributed by atoms with Gasteiger partial charge in [-0.3, -0.25) is 0 Å². The highest BCUT2D eigenvalue weighted by Crippen LogP contribution is 2.25. The summed E-state index contributed by atoms with van der Waals surface area (Å²) in [6.45, 7) is 3.78. The predicted octanol–water partition coefficient (Wildman–Crippen LogP) is 3.17. The lowest BCUT2D eigenvalue weighted by atomic mass is 10.2. The zero-order valence-electron chi connectivity index (χ0n) is 9.16. The summed E-state index contributed by atoms with van der Waals surface area (Å²) < 4.78 is 6.30. The van der Waals surface area contributed by atoms with Crippen LogP contribution in [0.3, 0.4) is 0 Å². The van der Waals surface area contributed by atoms with Crippen LogP contribution in [0.25, 0.3) is 0 Å². The van der Waals surface area contributed by atoms with Crippen LogP contribution in [-0.4, -0.2) is 17.7 Å². The van der Waals surface area contributed by atoms with Crippen LogP contribution in [-0.2, 0) is 4.79 Å². The predicted molar refractivity (Wildman–Crippen MR) is 65.8 cm³/mol. The molecule has 0 fully saturated rings. The number of hydrogen-bond donors (Lipinski definition) is 1. The van der Waals surface area contributed by atoms with Crippen LogP contribution in [0.2, 0.25) is 0 Å². The van der Waals surface area contributed by atoms with E-state index in [4.69, 9.17) is 9.84 Å². The van der Waals surface area contributed by atoms with E-state index in [0.717, 1.165) is 10.0 Å². The van der Waals surface area contributed by atoms with Crippen LogP contribution in [0, 0.1) is 6.92 Å². The summed E-state index contributed by atoms with van der Waals surface area (Å²) in [5, 5.41) is 8.64. The first-order valence-corrected chi connectivity index (χ1v) is 5.59. The zero-order chi connectivity index (χ0) is 12.1. The summed E-state index contributed by atoms with van der Waals surface area (Å²) in [6, 6.07) is 5.74. The average Bonchev–Trinajstić information content (AvgIpc) is 2.20. The van der Waals surface area contributed by atoms with Gasteiger partial charge in [-0.2, -0.15) is 0 Å². The van der Waals surface area contributed by atoms with Gasteiger partial charge in [0.25, 0.3) is 0 Å². The van der Waals surface area contributed by atoms with Crippen molar-refractivity contribution in [3.05, 3.63) is 39.9 Å². The molecule has 3 nitrogen and oxygen atoms in total. The van der Waals surface area contributed by atoms with Crippen LogP contribution >= 0.6 is 15.9 Å². The third kappa shape index (κ3) is 3.70. The van der Waals surface area contributed by atoms with E-state index in [9.17, 15) is 4.79 Å². The van der Waals surface area contributed by atoms with Gasteiger partial charge >= 0.3 is 5.97 Å². The normalized spacial score (nSPS) is 11.3. The van der Waals surface area contributed by atoms with Gasteiger partial charge in [-0.05, 0) is 53.5 Å². The summed E-state index contributed by atoms with van der Waals surface area (Å²) in [5.41, 5.74) is 1.42. The van der Waals surface area contributed by atoms with Gasteiger partial charge in [-0.1, -0.05) is 6.07 Å². The Hall–Kier alpha value is -1.29. The Morgan fingerprint density at radius 1 is 1.56 bits per heavy atom. The number of carboxylic acid groups (broad SMARTS) is 1. The van der Waals surface area contributed by atoms with Crippen molar-refractivity contribution in [2.45, 2.75) is 13.8 Å². The van der Waals surface area contributed by atoms with E-state index in [1.165, 1.54) is 13.0 Å². The fourth-order valence-electron chi connectivity index (χ4n) is 1.07. The fourth-order valence-corrected chi connectivity index (χ4v) is 1.67. The first-order valence-electron chi connectivity index (χ1n) is 4.79. The fraction of sp³-hybridized carbons (Fsp3) is 0.250. The maximum atomic E-state index is 10.5. The van der Waals surface area contributed by atoms with Crippen LogP contribution in [0.1, 0.15) is 12.5 Å². The lowest BCUT2D eigenvalue weighted by Crippen LogP contribution is -2.01. The van der Waals surface area contributed by atoms with Crippen LogP contribution < -0.4 is 4.74 Å². The molecule has 1 aromatic carbocycles. The van der Waals surface area contributed by atoms with Gasteiger partial charge in [0.2, 0.25) is 0 Å². The second kappa shape index (κ2) is 5.70. The standard InChI is InChI=1S/C12H13BrO3/c1-8-3-4-11(10(13)7-8)16-6-5-9(2)12(14)15/h3-5,7H,6H2,1-2H3,(H,14,15). The smallest absolute Gasteiger partial charge is 0.331 e. The molecular formula is C12H13BrO3. The van der Waals surface area contributed by atoms with Crippen molar-refractivity contribution in [2.24, 2.45) is 0 Å². The Morgan fingerprint density at radius 2 is 2.25 bits per heavy atom. The molecule has 0 aliphatic heterocycles. The second-order valence-electron chi connectivity index (χ2n) is 3.44. The summed E-state index contributed by atoms with van der Waals surface area (Å²) in [5.74, 6) is -0.216. The first-order chi connectivity index (χ1) is 7.50. The Labute approximate surface area is 103 Å². The van der Waals surface area contributed by atoms with E-state index in [1.807, 2.05) is 25.1 Å². The first kappa shape index (κ1) is 12.8. The van der Waals surface area contributed by atoms with Gasteiger partial charge in [-0.15, -0.1) is 0 Å². The van der Waals surface area contributed by atoms with Crippen molar-refractivity contribution in [3.63, 3.8) is 0 Å². The van der Waals surface area contributed by atoms with Crippen molar-refractivity contribution >= 4 is 21.9 Å². The van der Waals surface area contributed by atoms with Gasteiger partial charge in [0.05, 0.1) is 4.47 Å². The van der Waals surface area contributed by atoms with E-state index >= 15 is 0 Å². The molecule has 1 rings (SSSR count). The van der Waals surface area contributed by atoms with Crippen LogP contribution in [0.15, 0.2) is 34.3 Å². The highest BCUT2D eigenvalue weighted by atomic mass is 79.9. The number of hydrogen-bond acceptors (Lipinski definition) is 2. The van der Waals surface area contributed by atoms with E-state index < -0.39 is 5.97 Å². The molecule has 0 atom stereocenters. The molecule has 0 saturated carbocycles. The van der Waals surface area contributed by atoms with Gasteiger partial charge in [-0.25, -0.2) is 4.79 Å². The van der Waals surface area contributed by atoms with E-state index in [2.05, 4.69) is 15.9 Å². The van der Waals surface area contributed by atoms with Crippen LogP contribution in [0.5, 0.6) is 5.75 Å². The summed E-state index contributed by atoms with van der Waals surface area (Å²) in [4.78, 5) is 10.5. The minimum Gasteiger partial charge on any atom is -0.488 e. The molecule has 0 radical (unpaired) electrons. The van der Waals surface area contributed by atoms with Gasteiger partial charge in [0.15, 0.2) is 0 Å². The number of aliphatic carboxylic acids is 1. The number of carbonyl (C=O) groups is 1. The maximum Gasteiger partial charge on any atom is 0.331 e. The van der Waals surface area contributed by atoms with Crippen molar-refractivity contribution < 1.29 is 14.6 Å². The van der Waals surface area contributed by atoms with Crippen molar-refractivity contribution in [3.8, 4) is 5.75 Å². The van der Waals surface area contributed by atoms with Crippen molar-refractivity contribution in [1.82, 2.24) is 0 Å². The largest absolute Gasteiger partial charge is 0.488 e. The molecule has 0 amide bonds. The molecule has 1 N–H and O–H groups in total. The van der Waals surface area contributed by atoms with Crippen LogP contribution in [0.4, 0.5) is 0 Å². The SMILES string of the molecule is CC(=CCOc1ccc(C)cc1Br)C(=O)O. The molecule has 0 saturated heterocycles. The molecule has 0 aromatic heterocycles. The quantitative estimate of drug-likeness (QED) is 0.864. The topological polar surface area (TPSA) is 46.5 Å². The molecule has 0 aliphatic carbocycles. The summed E-state index contributed by atoms with van der Waals surface area (Å²) in [7, 11) is 0. The monoisotopic (exact) mass is 284 g/mol. The number of benzene rings is 1. The number of rotatable bonds is 4. The molecule has 0 heterocycles. The molecular weight excluding hydrogens is 272 g/mol. The molecule has 4 heteroatoms. The summed E-state index contributed by atoms with van der Waals surface area (Å²) >= 11 is 3.38. The third-order valence-electron chi connectivity index (χ3n) is 2.05. The van der Waals surface area contributed by atoms with E-state index in [0.29, 0.717) is 5.75 Å². The Kier molecular flexibility index (Phi) is 4.55. The summed E-state index contributed by atoms with van der Waals surface area (Å²) in [6.07, 6.45) is 1.54. The van der Waals surface area contributed by atoms with E-state index in [-0.39, 0.29) is 12.2 Å². The Morgan fingerprint density at radius 3 is 2.81 bits per heavy atom. The Balaban J connectivity index is 2.62.